The largest absolute Gasteiger partial charge is 0.462 e. The van der Waals surface area contributed by atoms with Crippen molar-refractivity contribution in [3.05, 3.63) is 122 Å². The monoisotopic (exact) mass is 1110 g/mol. The number of hydrogen-bond donors (Lipinski definition) is 0. The molecule has 0 amide bonds. The first-order valence-corrected chi connectivity index (χ1v) is 33.5. The molecule has 0 aromatic carbocycles. The third kappa shape index (κ3) is 64.6. The van der Waals surface area contributed by atoms with E-state index in [1.165, 1.54) is 135 Å². The van der Waals surface area contributed by atoms with Gasteiger partial charge in [-0.25, -0.2) is 0 Å². The van der Waals surface area contributed by atoms with Crippen molar-refractivity contribution in [3.8, 4) is 0 Å². The Hall–Kier alpha value is -4.19. The maximum absolute atomic E-state index is 12.9. The molecule has 456 valence electrons. The van der Waals surface area contributed by atoms with E-state index in [9.17, 15) is 14.4 Å². The van der Waals surface area contributed by atoms with Crippen LogP contribution in [0.2, 0.25) is 0 Å². The highest BCUT2D eigenvalue weighted by Crippen LogP contribution is 2.16. The molecule has 0 spiro atoms. The van der Waals surface area contributed by atoms with Crippen molar-refractivity contribution in [2.24, 2.45) is 0 Å². The van der Waals surface area contributed by atoms with Gasteiger partial charge in [-0.15, -0.1) is 0 Å². The molecule has 0 fully saturated rings. The predicted molar refractivity (Wildman–Crippen MR) is 348 cm³/mol. The van der Waals surface area contributed by atoms with E-state index in [1.54, 1.807) is 0 Å². The summed E-state index contributed by atoms with van der Waals surface area (Å²) in [5, 5.41) is 0. The van der Waals surface area contributed by atoms with Crippen LogP contribution in [-0.4, -0.2) is 37.2 Å². The predicted octanol–water partition coefficient (Wildman–Crippen LogP) is 23.2. The molecular formula is C74H124O6. The van der Waals surface area contributed by atoms with E-state index in [2.05, 4.69) is 142 Å². The molecule has 80 heavy (non-hydrogen) atoms. The van der Waals surface area contributed by atoms with Gasteiger partial charge in [-0.2, -0.15) is 0 Å². The first kappa shape index (κ1) is 75.8. The summed E-state index contributed by atoms with van der Waals surface area (Å²) in [5.41, 5.74) is 0. The van der Waals surface area contributed by atoms with E-state index in [0.717, 1.165) is 135 Å². The SMILES string of the molecule is CC/C=C\C/C=C\C/C=C\C/C=C\CCCCCCCCCCCCCCCCC(=O)OCC(COC(=O)CCCCCC/C=C\C/C=C\C/C=C\C/C=C\CC)OC(=O)CCCCCCCCC/C=C\C/C=C\CCCCCC. The molecule has 0 heterocycles. The molecule has 0 saturated heterocycles. The van der Waals surface area contributed by atoms with Crippen LogP contribution in [0.4, 0.5) is 0 Å². The summed E-state index contributed by atoms with van der Waals surface area (Å²) in [6.45, 7) is 6.39. The van der Waals surface area contributed by atoms with Crippen LogP contribution < -0.4 is 0 Å². The molecule has 0 aromatic rings. The molecule has 6 nitrogen and oxygen atoms in total. The third-order valence-electron chi connectivity index (χ3n) is 14.2. The van der Waals surface area contributed by atoms with E-state index in [0.29, 0.717) is 19.3 Å². The summed E-state index contributed by atoms with van der Waals surface area (Å²) in [6, 6.07) is 0. The van der Waals surface area contributed by atoms with Gasteiger partial charge in [0.25, 0.3) is 0 Å². The van der Waals surface area contributed by atoms with Gasteiger partial charge in [-0.1, -0.05) is 284 Å². The van der Waals surface area contributed by atoms with Crippen LogP contribution >= 0.6 is 0 Å². The lowest BCUT2D eigenvalue weighted by Crippen LogP contribution is -2.30. The van der Waals surface area contributed by atoms with Crippen LogP contribution in [-0.2, 0) is 28.6 Å². The molecule has 6 heteroatoms. The smallest absolute Gasteiger partial charge is 0.306 e. The topological polar surface area (TPSA) is 78.9 Å². The molecule has 0 radical (unpaired) electrons. The maximum atomic E-state index is 12.9. The van der Waals surface area contributed by atoms with Crippen molar-refractivity contribution in [1.82, 2.24) is 0 Å². The minimum Gasteiger partial charge on any atom is -0.462 e. The second kappa shape index (κ2) is 67.3. The fourth-order valence-electron chi connectivity index (χ4n) is 9.22. The van der Waals surface area contributed by atoms with Gasteiger partial charge in [0.05, 0.1) is 0 Å². The Morgan fingerprint density at radius 3 is 0.762 bits per heavy atom. The normalized spacial score (nSPS) is 12.9. The highest BCUT2D eigenvalue weighted by molar-refractivity contribution is 5.71. The van der Waals surface area contributed by atoms with Gasteiger partial charge in [0, 0.05) is 19.3 Å². The molecule has 1 atom stereocenters. The van der Waals surface area contributed by atoms with Crippen LogP contribution in [0, 0.1) is 0 Å². The molecule has 0 aliphatic rings. The van der Waals surface area contributed by atoms with E-state index >= 15 is 0 Å². The van der Waals surface area contributed by atoms with Crippen LogP contribution in [0.3, 0.4) is 0 Å². The number of hydrogen-bond acceptors (Lipinski definition) is 6. The highest BCUT2D eigenvalue weighted by Gasteiger charge is 2.19. The standard InChI is InChI=1S/C74H124O6/c1-4-7-10-13-16-19-22-25-28-31-33-34-35-36-37-38-39-40-41-44-46-49-52-55-58-61-64-67-73(76)79-70-71(69-78-72(75)66-63-60-57-54-51-48-45-42-30-27-24-21-18-15-12-9-6-3)80-74(77)68-65-62-59-56-53-50-47-43-32-29-26-23-20-17-14-11-8-5-2/h7,9-10,12,16,18-21,23,25,27-30,32-34,45,48,71H,4-6,8,11,13-15,17,22,24,26,31,35-44,46-47,49-70H2,1-3H3/b10-7-,12-9-,19-16-,21-18-,23-20-,28-25-,30-27-,32-29-,34-33-,48-45-. The fraction of sp³-hybridized carbons (Fsp3) is 0.689. The average Bonchev–Trinajstić information content (AvgIpc) is 3.46. The molecule has 0 saturated carbocycles. The molecule has 0 aromatic heterocycles. The molecule has 0 rings (SSSR count). The van der Waals surface area contributed by atoms with E-state index < -0.39 is 6.10 Å². The second-order valence-electron chi connectivity index (χ2n) is 22.0. The molecular weight excluding hydrogens is 985 g/mol. The first-order valence-electron chi connectivity index (χ1n) is 33.5. The lowest BCUT2D eigenvalue weighted by Gasteiger charge is -2.18. The Bertz CT molecular complexity index is 1650. The molecule has 0 N–H and O–H groups in total. The van der Waals surface area contributed by atoms with Gasteiger partial charge in [0.15, 0.2) is 6.10 Å². The van der Waals surface area contributed by atoms with Crippen molar-refractivity contribution in [1.29, 1.82) is 0 Å². The summed E-state index contributed by atoms with van der Waals surface area (Å²) in [6.07, 6.45) is 93.5. The first-order chi connectivity index (χ1) is 39.5. The van der Waals surface area contributed by atoms with Crippen LogP contribution in [0.25, 0.3) is 0 Å². The number of carbonyl (C=O) groups excluding carboxylic acids is 3. The third-order valence-corrected chi connectivity index (χ3v) is 14.2. The number of unbranched alkanes of at least 4 members (excludes halogenated alkanes) is 29. The van der Waals surface area contributed by atoms with E-state index in [1.807, 2.05) is 0 Å². The number of ether oxygens (including phenoxy) is 3. The van der Waals surface area contributed by atoms with Gasteiger partial charge in [-0.3, -0.25) is 14.4 Å². The van der Waals surface area contributed by atoms with Gasteiger partial charge >= 0.3 is 17.9 Å². The molecule has 0 aliphatic carbocycles. The second-order valence-corrected chi connectivity index (χ2v) is 22.0. The number of esters is 3. The summed E-state index contributed by atoms with van der Waals surface area (Å²) in [4.78, 5) is 38.4. The Morgan fingerprint density at radius 1 is 0.263 bits per heavy atom. The Kier molecular flexibility index (Phi) is 63.8. The number of carbonyl (C=O) groups is 3. The minimum atomic E-state index is -0.797. The van der Waals surface area contributed by atoms with E-state index in [-0.39, 0.29) is 31.1 Å². The summed E-state index contributed by atoms with van der Waals surface area (Å²) < 4.78 is 16.9. The summed E-state index contributed by atoms with van der Waals surface area (Å²) in [7, 11) is 0. The van der Waals surface area contributed by atoms with Crippen molar-refractivity contribution in [3.63, 3.8) is 0 Å². The number of rotatable bonds is 60. The Balaban J connectivity index is 4.36. The lowest BCUT2D eigenvalue weighted by atomic mass is 10.0. The molecule has 1 unspecified atom stereocenters. The zero-order valence-corrected chi connectivity index (χ0v) is 52.3. The van der Waals surface area contributed by atoms with Gasteiger partial charge in [0.2, 0.25) is 0 Å². The van der Waals surface area contributed by atoms with Gasteiger partial charge in [0.1, 0.15) is 13.2 Å². The van der Waals surface area contributed by atoms with Gasteiger partial charge < -0.3 is 14.2 Å². The van der Waals surface area contributed by atoms with Crippen LogP contribution in [0.1, 0.15) is 310 Å². The molecule has 0 aliphatic heterocycles. The zero-order valence-electron chi connectivity index (χ0n) is 52.3. The number of allylic oxidation sites excluding steroid dienone is 20. The van der Waals surface area contributed by atoms with Gasteiger partial charge in [-0.05, 0) is 128 Å². The fourth-order valence-corrected chi connectivity index (χ4v) is 9.22. The zero-order chi connectivity index (χ0) is 57.8. The quantitative estimate of drug-likeness (QED) is 0.0261. The Labute approximate surface area is 494 Å². The summed E-state index contributed by atoms with van der Waals surface area (Å²) in [5.74, 6) is -0.915. The van der Waals surface area contributed by atoms with Crippen molar-refractivity contribution >= 4 is 17.9 Å². The van der Waals surface area contributed by atoms with Crippen molar-refractivity contribution in [2.45, 2.75) is 316 Å². The highest BCUT2D eigenvalue weighted by atomic mass is 16.6. The van der Waals surface area contributed by atoms with Crippen molar-refractivity contribution in [2.75, 3.05) is 13.2 Å². The van der Waals surface area contributed by atoms with Crippen LogP contribution in [0.15, 0.2) is 122 Å². The Morgan fingerprint density at radius 2 is 0.487 bits per heavy atom. The lowest BCUT2D eigenvalue weighted by molar-refractivity contribution is -0.167. The molecule has 0 bridgehead atoms. The average molecular weight is 1110 g/mol. The summed E-state index contributed by atoms with van der Waals surface area (Å²) >= 11 is 0. The van der Waals surface area contributed by atoms with Crippen molar-refractivity contribution < 1.29 is 28.6 Å². The van der Waals surface area contributed by atoms with E-state index in [4.69, 9.17) is 14.2 Å². The minimum absolute atomic E-state index is 0.0904. The maximum Gasteiger partial charge on any atom is 0.306 e. The van der Waals surface area contributed by atoms with Crippen LogP contribution in [0.5, 0.6) is 0 Å².